The highest BCUT2D eigenvalue weighted by atomic mass is 35.5. The van der Waals surface area contributed by atoms with E-state index in [2.05, 4.69) is 23.6 Å². The third-order valence-corrected chi connectivity index (χ3v) is 6.56. The quantitative estimate of drug-likeness (QED) is 0.348. The smallest absolute Gasteiger partial charge is 0.227 e. The van der Waals surface area contributed by atoms with Crippen molar-refractivity contribution in [3.05, 3.63) is 89.2 Å². The number of aromatic nitrogens is 2. The molecule has 33 heavy (non-hydrogen) atoms. The first-order valence-corrected chi connectivity index (χ1v) is 11.7. The molecule has 0 aliphatic carbocycles. The van der Waals surface area contributed by atoms with E-state index < -0.39 is 0 Å². The fourth-order valence-electron chi connectivity index (χ4n) is 4.64. The van der Waals surface area contributed by atoms with Gasteiger partial charge in [0.25, 0.3) is 0 Å². The lowest BCUT2D eigenvalue weighted by atomic mass is 10.1. The van der Waals surface area contributed by atoms with Crippen molar-refractivity contribution in [1.29, 1.82) is 0 Å². The number of carbonyl (C=O) groups is 1. The minimum atomic E-state index is 0.0233. The molecule has 5 nitrogen and oxygen atoms in total. The number of hydrogen-bond donors (Lipinski definition) is 0. The average molecular weight is 460 g/mol. The fourth-order valence-corrected chi connectivity index (χ4v) is 4.83. The maximum absolute atomic E-state index is 13.0. The Labute approximate surface area is 198 Å². The van der Waals surface area contributed by atoms with Gasteiger partial charge < -0.3 is 14.2 Å². The molecule has 1 saturated heterocycles. The average Bonchev–Trinajstić information content (AvgIpc) is 3.41. The number of imidazole rings is 1. The van der Waals surface area contributed by atoms with Crippen LogP contribution in [0.25, 0.3) is 11.0 Å². The van der Waals surface area contributed by atoms with Crippen molar-refractivity contribution in [2.75, 3.05) is 18.1 Å². The Morgan fingerprint density at radius 3 is 2.64 bits per heavy atom. The van der Waals surface area contributed by atoms with Gasteiger partial charge in [-0.25, -0.2) is 4.98 Å². The van der Waals surface area contributed by atoms with Crippen LogP contribution in [0.2, 0.25) is 5.02 Å². The van der Waals surface area contributed by atoms with E-state index in [9.17, 15) is 4.79 Å². The van der Waals surface area contributed by atoms with Gasteiger partial charge in [0.15, 0.2) is 0 Å². The summed E-state index contributed by atoms with van der Waals surface area (Å²) in [5.41, 5.74) is 4.19. The summed E-state index contributed by atoms with van der Waals surface area (Å²) in [5, 5.41) is 0.597. The lowest BCUT2D eigenvalue weighted by Crippen LogP contribution is -2.25. The van der Waals surface area contributed by atoms with Crippen LogP contribution in [0.5, 0.6) is 5.75 Å². The van der Waals surface area contributed by atoms with E-state index in [1.807, 2.05) is 65.6 Å². The van der Waals surface area contributed by atoms with Crippen LogP contribution in [0.4, 0.5) is 5.69 Å². The van der Waals surface area contributed by atoms with Gasteiger partial charge in [0, 0.05) is 24.6 Å². The first kappa shape index (κ1) is 21.5. The predicted octanol–water partition coefficient (Wildman–Crippen LogP) is 5.85. The normalized spacial score (nSPS) is 16.0. The van der Waals surface area contributed by atoms with Gasteiger partial charge in [0.2, 0.25) is 5.91 Å². The van der Waals surface area contributed by atoms with E-state index in [0.29, 0.717) is 36.9 Å². The second kappa shape index (κ2) is 9.28. The Bertz CT molecular complexity index is 1300. The summed E-state index contributed by atoms with van der Waals surface area (Å²) in [6.45, 7) is 3.83. The second-order valence-corrected chi connectivity index (χ2v) is 8.68. The first-order chi connectivity index (χ1) is 16.2. The molecule has 0 N–H and O–H groups in total. The zero-order chi connectivity index (χ0) is 22.8. The molecule has 1 atom stereocenters. The number of fused-ring (bicyclic) bond motifs is 1. The summed E-state index contributed by atoms with van der Waals surface area (Å²) in [6, 6.07) is 23.7. The van der Waals surface area contributed by atoms with E-state index in [1.54, 1.807) is 0 Å². The van der Waals surface area contributed by atoms with Crippen molar-refractivity contribution in [1.82, 2.24) is 9.55 Å². The fraction of sp³-hybridized carbons (Fsp3) is 0.259. The van der Waals surface area contributed by atoms with Crippen LogP contribution < -0.4 is 9.64 Å². The molecule has 0 unspecified atom stereocenters. The van der Waals surface area contributed by atoms with E-state index in [0.717, 1.165) is 29.0 Å². The van der Waals surface area contributed by atoms with Gasteiger partial charge in [0.1, 0.15) is 18.2 Å². The number of aryl methyl sites for hydroxylation is 1. The summed E-state index contributed by atoms with van der Waals surface area (Å²) in [7, 11) is 0. The highest BCUT2D eigenvalue weighted by molar-refractivity contribution is 6.32. The van der Waals surface area contributed by atoms with Crippen LogP contribution in [0.1, 0.15) is 30.7 Å². The molecule has 1 aliphatic rings. The predicted molar refractivity (Wildman–Crippen MR) is 132 cm³/mol. The van der Waals surface area contributed by atoms with Crippen LogP contribution in [0.15, 0.2) is 72.8 Å². The van der Waals surface area contributed by atoms with Crippen LogP contribution in [-0.4, -0.2) is 28.6 Å². The Morgan fingerprint density at radius 1 is 1.03 bits per heavy atom. The largest absolute Gasteiger partial charge is 0.490 e. The Hall–Kier alpha value is -3.31. The molecule has 6 heteroatoms. The van der Waals surface area contributed by atoms with Gasteiger partial charge in [-0.1, -0.05) is 61.0 Å². The Morgan fingerprint density at radius 2 is 1.79 bits per heavy atom. The Balaban J connectivity index is 1.42. The highest BCUT2D eigenvalue weighted by Gasteiger charge is 2.35. The van der Waals surface area contributed by atoms with Gasteiger partial charge in [-0.15, -0.1) is 0 Å². The maximum Gasteiger partial charge on any atom is 0.227 e. The summed E-state index contributed by atoms with van der Waals surface area (Å²) in [6.07, 6.45) is 1.34. The molecular weight excluding hydrogens is 434 g/mol. The summed E-state index contributed by atoms with van der Waals surface area (Å²) in [5.74, 6) is 1.77. The molecule has 1 aromatic heterocycles. The van der Waals surface area contributed by atoms with E-state index in [1.165, 1.54) is 5.56 Å². The van der Waals surface area contributed by atoms with Crippen LogP contribution >= 0.6 is 11.6 Å². The summed E-state index contributed by atoms with van der Waals surface area (Å²) < 4.78 is 8.15. The number of benzene rings is 3. The second-order valence-electron chi connectivity index (χ2n) is 8.28. The number of amides is 1. The van der Waals surface area contributed by atoms with Crippen LogP contribution in [0.3, 0.4) is 0 Å². The lowest BCUT2D eigenvalue weighted by Gasteiger charge is -2.20. The van der Waals surface area contributed by atoms with E-state index >= 15 is 0 Å². The summed E-state index contributed by atoms with van der Waals surface area (Å²) >= 11 is 6.24. The topological polar surface area (TPSA) is 47.4 Å². The van der Waals surface area contributed by atoms with Gasteiger partial charge >= 0.3 is 0 Å². The molecule has 0 bridgehead atoms. The Kier molecular flexibility index (Phi) is 6.05. The van der Waals surface area contributed by atoms with Gasteiger partial charge in [-0.2, -0.15) is 0 Å². The van der Waals surface area contributed by atoms with Gasteiger partial charge in [0.05, 0.1) is 22.6 Å². The van der Waals surface area contributed by atoms with Crippen molar-refractivity contribution in [2.45, 2.75) is 32.2 Å². The number of nitrogens with zero attached hydrogens (tertiary/aromatic N) is 3. The van der Waals surface area contributed by atoms with Crippen molar-refractivity contribution < 1.29 is 9.53 Å². The van der Waals surface area contributed by atoms with Crippen molar-refractivity contribution in [2.24, 2.45) is 0 Å². The molecule has 5 rings (SSSR count). The zero-order valence-corrected chi connectivity index (χ0v) is 19.3. The molecule has 4 aromatic rings. The zero-order valence-electron chi connectivity index (χ0n) is 18.6. The van der Waals surface area contributed by atoms with Gasteiger partial charge in [-0.3, -0.25) is 4.79 Å². The molecule has 0 saturated carbocycles. The molecule has 0 radical (unpaired) electrons. The number of para-hydroxylation sites is 4. The van der Waals surface area contributed by atoms with E-state index in [-0.39, 0.29) is 11.8 Å². The number of ether oxygens (including phenoxy) is 1. The minimum absolute atomic E-state index is 0.0233. The highest BCUT2D eigenvalue weighted by Crippen LogP contribution is 2.35. The summed E-state index contributed by atoms with van der Waals surface area (Å²) in [4.78, 5) is 19.9. The SMILES string of the molecule is CCc1ccccc1N1C[C@H](c2nc3ccccc3n2CCOc2ccccc2Cl)CC1=O. The first-order valence-electron chi connectivity index (χ1n) is 11.4. The molecule has 1 amide bonds. The molecule has 2 heterocycles. The monoisotopic (exact) mass is 459 g/mol. The van der Waals surface area contributed by atoms with Crippen LogP contribution in [-0.2, 0) is 17.8 Å². The number of halogens is 1. The molecule has 3 aromatic carbocycles. The molecule has 0 spiro atoms. The molecule has 1 aliphatic heterocycles. The number of rotatable bonds is 7. The lowest BCUT2D eigenvalue weighted by molar-refractivity contribution is -0.117. The molecule has 168 valence electrons. The minimum Gasteiger partial charge on any atom is -0.490 e. The molecular formula is C27H26ClN3O2. The van der Waals surface area contributed by atoms with Gasteiger partial charge in [-0.05, 0) is 42.3 Å². The number of hydrogen-bond acceptors (Lipinski definition) is 3. The number of carbonyl (C=O) groups excluding carboxylic acids is 1. The van der Waals surface area contributed by atoms with Crippen molar-refractivity contribution in [3.8, 4) is 5.75 Å². The third-order valence-electron chi connectivity index (χ3n) is 6.25. The van der Waals surface area contributed by atoms with E-state index in [4.69, 9.17) is 21.3 Å². The molecule has 1 fully saturated rings. The van der Waals surface area contributed by atoms with Crippen molar-refractivity contribution in [3.63, 3.8) is 0 Å². The van der Waals surface area contributed by atoms with Crippen LogP contribution in [0, 0.1) is 0 Å². The number of anilines is 1. The maximum atomic E-state index is 13.0. The third kappa shape index (κ3) is 4.21. The standard InChI is InChI=1S/C27H26ClN3O2/c1-2-19-9-3-6-12-23(19)31-18-20(17-26(31)32)27-29-22-11-5-7-13-24(22)30(27)15-16-33-25-14-8-4-10-21(25)28/h3-14,20H,2,15-18H2,1H3/t20-/m1/s1. The van der Waals surface area contributed by atoms with Crippen molar-refractivity contribution >= 4 is 34.2 Å².